The van der Waals surface area contributed by atoms with Crippen LogP contribution in [0.5, 0.6) is 0 Å². The van der Waals surface area contributed by atoms with Gasteiger partial charge in [-0.1, -0.05) is 6.92 Å². The summed E-state index contributed by atoms with van der Waals surface area (Å²) < 4.78 is 29.6. The number of hydrogen-bond acceptors (Lipinski definition) is 4. The molecular weight excluding hydrogens is 268 g/mol. The number of sulfonamides is 1. The molecule has 0 saturated carbocycles. The van der Waals surface area contributed by atoms with Crippen LogP contribution in [0.2, 0.25) is 0 Å². The van der Waals surface area contributed by atoms with Gasteiger partial charge in [-0.3, -0.25) is 4.79 Å². The number of carbonyl (C=O) groups excluding carboxylic acids is 1. The molecule has 1 unspecified atom stereocenters. The van der Waals surface area contributed by atoms with Gasteiger partial charge in [-0.15, -0.1) is 0 Å². The highest BCUT2D eigenvalue weighted by molar-refractivity contribution is 7.88. The lowest BCUT2D eigenvalue weighted by atomic mass is 10.2. The van der Waals surface area contributed by atoms with E-state index in [1.807, 2.05) is 13.8 Å². The van der Waals surface area contributed by atoms with E-state index in [0.29, 0.717) is 0 Å². The first-order chi connectivity index (χ1) is 8.86. The Morgan fingerprint density at radius 1 is 1.53 bits per heavy atom. The summed E-state index contributed by atoms with van der Waals surface area (Å²) in [6.07, 6.45) is 3.31. The van der Waals surface area contributed by atoms with Crippen molar-refractivity contribution in [1.82, 2.24) is 9.62 Å². The lowest BCUT2D eigenvalue weighted by Gasteiger charge is -2.25. The molecule has 0 saturated heterocycles. The topological polar surface area (TPSA) is 79.6 Å². The molecule has 0 aromatic carbocycles. The minimum Gasteiger partial charge on any atom is -0.459 e. The van der Waals surface area contributed by atoms with E-state index in [4.69, 9.17) is 4.42 Å². The predicted molar refractivity (Wildman–Crippen MR) is 72.3 cm³/mol. The average molecular weight is 288 g/mol. The van der Waals surface area contributed by atoms with Crippen molar-refractivity contribution >= 4 is 15.9 Å². The van der Waals surface area contributed by atoms with E-state index in [0.717, 1.165) is 6.42 Å². The van der Waals surface area contributed by atoms with E-state index in [9.17, 15) is 13.2 Å². The number of nitrogens with zero attached hydrogens (tertiary/aromatic N) is 1. The van der Waals surface area contributed by atoms with E-state index in [1.165, 1.54) is 16.8 Å². The number of nitrogens with one attached hydrogen (secondary N) is 1. The van der Waals surface area contributed by atoms with Crippen molar-refractivity contribution in [3.8, 4) is 0 Å². The molecule has 1 heterocycles. The largest absolute Gasteiger partial charge is 0.459 e. The molecule has 0 aliphatic carbocycles. The molecule has 19 heavy (non-hydrogen) atoms. The quantitative estimate of drug-likeness (QED) is 0.814. The maximum absolute atomic E-state index is 11.6. The van der Waals surface area contributed by atoms with E-state index in [-0.39, 0.29) is 30.8 Å². The molecule has 1 aromatic rings. The fourth-order valence-electron chi connectivity index (χ4n) is 1.69. The molecule has 0 radical (unpaired) electrons. The summed E-state index contributed by atoms with van der Waals surface area (Å²) in [7, 11) is -3.27. The molecule has 0 fully saturated rings. The van der Waals surface area contributed by atoms with E-state index in [1.54, 1.807) is 12.1 Å². The van der Waals surface area contributed by atoms with Crippen molar-refractivity contribution in [1.29, 1.82) is 0 Å². The molecule has 1 amide bonds. The Morgan fingerprint density at radius 3 is 2.68 bits per heavy atom. The van der Waals surface area contributed by atoms with Gasteiger partial charge in [0.05, 0.1) is 12.5 Å². The molecule has 0 aliphatic rings. The Labute approximate surface area is 113 Å². The minimum atomic E-state index is -3.27. The van der Waals surface area contributed by atoms with Gasteiger partial charge in [-0.25, -0.2) is 8.42 Å². The Hall–Kier alpha value is -1.34. The summed E-state index contributed by atoms with van der Waals surface area (Å²) in [5.41, 5.74) is 0. The second kappa shape index (κ2) is 6.72. The summed E-state index contributed by atoms with van der Waals surface area (Å²) in [5.74, 6) is -0.128. The van der Waals surface area contributed by atoms with Crippen LogP contribution in [0.1, 0.15) is 30.8 Å². The zero-order valence-corrected chi connectivity index (χ0v) is 12.2. The molecule has 0 bridgehead atoms. The Balaban J connectivity index is 2.52. The third kappa shape index (κ3) is 4.68. The second-order valence-corrected chi connectivity index (χ2v) is 6.30. The first-order valence-electron chi connectivity index (χ1n) is 6.14. The fraction of sp³-hybridized carbons (Fsp3) is 0.583. The van der Waals surface area contributed by atoms with Gasteiger partial charge < -0.3 is 9.73 Å². The van der Waals surface area contributed by atoms with Crippen molar-refractivity contribution in [2.75, 3.05) is 19.3 Å². The van der Waals surface area contributed by atoms with E-state index in [2.05, 4.69) is 5.32 Å². The number of carbonyl (C=O) groups is 1. The van der Waals surface area contributed by atoms with Crippen LogP contribution in [0.3, 0.4) is 0 Å². The lowest BCUT2D eigenvalue weighted by molar-refractivity contribution is 0.0922. The Morgan fingerprint density at radius 2 is 2.21 bits per heavy atom. The summed E-state index contributed by atoms with van der Waals surface area (Å²) in [6.45, 7) is 4.26. The zero-order chi connectivity index (χ0) is 14.5. The van der Waals surface area contributed by atoms with Crippen LogP contribution in [0.25, 0.3) is 0 Å². The van der Waals surface area contributed by atoms with Crippen LogP contribution in [-0.2, 0) is 10.0 Å². The molecular formula is C12H20N2O4S. The van der Waals surface area contributed by atoms with Gasteiger partial charge in [0, 0.05) is 19.1 Å². The third-order valence-corrected chi connectivity index (χ3v) is 4.27. The van der Waals surface area contributed by atoms with Crippen LogP contribution >= 0.6 is 0 Å². The van der Waals surface area contributed by atoms with Crippen molar-refractivity contribution in [3.05, 3.63) is 24.2 Å². The third-order valence-electron chi connectivity index (χ3n) is 2.87. The zero-order valence-electron chi connectivity index (χ0n) is 11.4. The van der Waals surface area contributed by atoms with Crippen LogP contribution in [-0.4, -0.2) is 44.0 Å². The van der Waals surface area contributed by atoms with Crippen LogP contribution in [0.15, 0.2) is 22.8 Å². The predicted octanol–water partition coefficient (Wildman–Crippen LogP) is 1.07. The van der Waals surface area contributed by atoms with Gasteiger partial charge in [-0.2, -0.15) is 4.31 Å². The smallest absolute Gasteiger partial charge is 0.287 e. The molecule has 7 heteroatoms. The highest BCUT2D eigenvalue weighted by Gasteiger charge is 2.21. The summed E-state index contributed by atoms with van der Waals surface area (Å²) in [5, 5.41) is 2.63. The summed E-state index contributed by atoms with van der Waals surface area (Å²) in [6, 6.07) is 3.09. The first kappa shape index (κ1) is 15.7. The van der Waals surface area contributed by atoms with E-state index < -0.39 is 10.0 Å². The normalized spacial score (nSPS) is 13.5. The van der Waals surface area contributed by atoms with Gasteiger partial charge in [-0.05, 0) is 25.5 Å². The molecule has 1 N–H and O–H groups in total. The van der Waals surface area contributed by atoms with Crippen LogP contribution < -0.4 is 5.32 Å². The fourth-order valence-corrected chi connectivity index (χ4v) is 2.92. The average Bonchev–Trinajstić information content (AvgIpc) is 2.85. The van der Waals surface area contributed by atoms with Crippen molar-refractivity contribution < 1.29 is 17.6 Å². The van der Waals surface area contributed by atoms with Gasteiger partial charge in [0.15, 0.2) is 5.76 Å². The standard InChI is InChI=1S/C12H20N2O4S/c1-4-10(2)14(19(3,16)17)8-7-13-12(15)11-6-5-9-18-11/h5-6,9-10H,4,7-8H2,1-3H3,(H,13,15). The molecule has 0 aliphatic heterocycles. The van der Waals surface area contributed by atoms with Gasteiger partial charge in [0.1, 0.15) is 0 Å². The molecule has 1 aromatic heterocycles. The monoisotopic (exact) mass is 288 g/mol. The van der Waals surface area contributed by atoms with Crippen molar-refractivity contribution in [3.63, 3.8) is 0 Å². The van der Waals surface area contributed by atoms with Crippen molar-refractivity contribution in [2.24, 2.45) is 0 Å². The molecule has 1 atom stereocenters. The van der Waals surface area contributed by atoms with E-state index >= 15 is 0 Å². The highest BCUT2D eigenvalue weighted by Crippen LogP contribution is 2.08. The minimum absolute atomic E-state index is 0.0875. The maximum Gasteiger partial charge on any atom is 0.287 e. The van der Waals surface area contributed by atoms with Gasteiger partial charge in [0.25, 0.3) is 5.91 Å². The van der Waals surface area contributed by atoms with Gasteiger partial charge >= 0.3 is 0 Å². The lowest BCUT2D eigenvalue weighted by Crippen LogP contribution is -2.42. The number of amides is 1. The Bertz CT molecular complexity index is 496. The molecule has 1 rings (SSSR count). The first-order valence-corrected chi connectivity index (χ1v) is 7.99. The second-order valence-electron chi connectivity index (χ2n) is 4.36. The van der Waals surface area contributed by atoms with Crippen molar-refractivity contribution in [2.45, 2.75) is 26.3 Å². The molecule has 108 valence electrons. The molecule has 6 nitrogen and oxygen atoms in total. The number of furan rings is 1. The number of hydrogen-bond donors (Lipinski definition) is 1. The number of rotatable bonds is 7. The summed E-state index contributed by atoms with van der Waals surface area (Å²) in [4.78, 5) is 11.6. The molecule has 0 spiro atoms. The highest BCUT2D eigenvalue weighted by atomic mass is 32.2. The van der Waals surface area contributed by atoms with Crippen LogP contribution in [0.4, 0.5) is 0 Å². The summed E-state index contributed by atoms with van der Waals surface area (Å²) >= 11 is 0. The van der Waals surface area contributed by atoms with Gasteiger partial charge in [0.2, 0.25) is 10.0 Å². The maximum atomic E-state index is 11.6. The Kier molecular flexibility index (Phi) is 5.56. The van der Waals surface area contributed by atoms with Crippen LogP contribution in [0, 0.1) is 0 Å². The SMILES string of the molecule is CCC(C)N(CCNC(=O)c1ccco1)S(C)(=O)=O.